The van der Waals surface area contributed by atoms with Gasteiger partial charge in [0.1, 0.15) is 0 Å². The minimum absolute atomic E-state index is 1.12. The first kappa shape index (κ1) is 9.24. The maximum absolute atomic E-state index is 4.38. The van der Waals surface area contributed by atoms with E-state index in [0.29, 0.717) is 0 Å². The summed E-state index contributed by atoms with van der Waals surface area (Å²) in [4.78, 5) is 4.38. The van der Waals surface area contributed by atoms with Gasteiger partial charge < -0.3 is 0 Å². The van der Waals surface area contributed by atoms with E-state index in [4.69, 9.17) is 0 Å². The molecule has 1 nitrogen and oxygen atoms in total. The Morgan fingerprint density at radius 2 is 2.00 bits per heavy atom. The second-order valence-electron chi connectivity index (χ2n) is 3.36. The Kier molecular flexibility index (Phi) is 3.27. The quantitative estimate of drug-likeness (QED) is 0.667. The Morgan fingerprint density at radius 1 is 1.25 bits per heavy atom. The third-order valence-electron chi connectivity index (χ3n) is 2.22. The molecule has 1 heteroatoms. The summed E-state index contributed by atoms with van der Waals surface area (Å²) in [6, 6.07) is 2.20. The smallest absolute Gasteiger partial charge is 0.0406 e. The zero-order valence-electron chi connectivity index (χ0n) is 8.22. The first-order valence-electron chi connectivity index (χ1n) is 4.66. The fourth-order valence-corrected chi connectivity index (χ4v) is 1.18. The zero-order chi connectivity index (χ0) is 8.97. The van der Waals surface area contributed by atoms with E-state index in [-0.39, 0.29) is 0 Å². The fourth-order valence-electron chi connectivity index (χ4n) is 1.18. The molecule has 1 aromatic rings. The highest BCUT2D eigenvalue weighted by atomic mass is 14.7. The molecule has 0 fully saturated rings. The highest BCUT2D eigenvalue weighted by Crippen LogP contribution is 2.08. The predicted octanol–water partition coefficient (Wildman–Crippen LogP) is 3.04. The van der Waals surface area contributed by atoms with Gasteiger partial charge in [0, 0.05) is 11.9 Å². The summed E-state index contributed by atoms with van der Waals surface area (Å²) in [7, 11) is 0. The monoisotopic (exact) mass is 163 g/mol. The molecule has 0 spiro atoms. The van der Waals surface area contributed by atoms with Gasteiger partial charge in [-0.1, -0.05) is 13.3 Å². The van der Waals surface area contributed by atoms with Gasteiger partial charge in [-0.2, -0.15) is 0 Å². The van der Waals surface area contributed by atoms with Crippen LogP contribution in [-0.4, -0.2) is 4.98 Å². The first-order chi connectivity index (χ1) is 5.74. The first-order valence-corrected chi connectivity index (χ1v) is 4.66. The molecule has 0 bridgehead atoms. The van der Waals surface area contributed by atoms with Crippen LogP contribution < -0.4 is 0 Å². The van der Waals surface area contributed by atoms with Crippen LogP contribution in [0.1, 0.15) is 36.6 Å². The van der Waals surface area contributed by atoms with Crippen LogP contribution in [0.3, 0.4) is 0 Å². The lowest BCUT2D eigenvalue weighted by atomic mass is 10.1. The maximum atomic E-state index is 4.38. The number of aromatic nitrogens is 1. The molecule has 0 atom stereocenters. The number of hydrogen-bond donors (Lipinski definition) is 0. The fraction of sp³-hybridized carbons (Fsp3) is 0.545. The van der Waals surface area contributed by atoms with Gasteiger partial charge in [0.2, 0.25) is 0 Å². The number of rotatable bonds is 3. The van der Waals surface area contributed by atoms with Crippen molar-refractivity contribution in [1.82, 2.24) is 4.98 Å². The normalized spacial score (nSPS) is 10.2. The van der Waals surface area contributed by atoms with Crippen LogP contribution in [0.5, 0.6) is 0 Å². The Balaban J connectivity index is 2.69. The van der Waals surface area contributed by atoms with E-state index < -0.39 is 0 Å². The second kappa shape index (κ2) is 4.24. The van der Waals surface area contributed by atoms with E-state index in [0.717, 1.165) is 6.42 Å². The topological polar surface area (TPSA) is 12.9 Å². The summed E-state index contributed by atoms with van der Waals surface area (Å²) in [5.41, 5.74) is 3.88. The van der Waals surface area contributed by atoms with Gasteiger partial charge in [0.15, 0.2) is 0 Å². The van der Waals surface area contributed by atoms with E-state index in [2.05, 4.69) is 31.8 Å². The van der Waals surface area contributed by atoms with Gasteiger partial charge in [-0.25, -0.2) is 0 Å². The van der Waals surface area contributed by atoms with Gasteiger partial charge >= 0.3 is 0 Å². The number of hydrogen-bond acceptors (Lipinski definition) is 1. The molecule has 0 radical (unpaired) electrons. The molecule has 0 aliphatic carbocycles. The lowest BCUT2D eigenvalue weighted by molar-refractivity contribution is 0.775. The number of nitrogens with zero attached hydrogens (tertiary/aromatic N) is 1. The van der Waals surface area contributed by atoms with Crippen LogP contribution in [0.2, 0.25) is 0 Å². The molecule has 1 aromatic heterocycles. The summed E-state index contributed by atoms with van der Waals surface area (Å²) < 4.78 is 0. The van der Waals surface area contributed by atoms with Crippen LogP contribution in [-0.2, 0) is 6.42 Å². The number of pyridine rings is 1. The van der Waals surface area contributed by atoms with Gasteiger partial charge in [-0.15, -0.1) is 0 Å². The van der Waals surface area contributed by atoms with E-state index in [1.165, 1.54) is 29.7 Å². The molecule has 0 saturated carbocycles. The van der Waals surface area contributed by atoms with Crippen LogP contribution in [0, 0.1) is 13.8 Å². The van der Waals surface area contributed by atoms with E-state index in [1.54, 1.807) is 0 Å². The summed E-state index contributed by atoms with van der Waals surface area (Å²) in [5.74, 6) is 0. The zero-order valence-corrected chi connectivity index (χ0v) is 8.22. The van der Waals surface area contributed by atoms with Crippen LogP contribution in [0.25, 0.3) is 0 Å². The van der Waals surface area contributed by atoms with Crippen molar-refractivity contribution < 1.29 is 0 Å². The number of aryl methyl sites for hydroxylation is 3. The molecule has 0 aliphatic rings. The second-order valence-corrected chi connectivity index (χ2v) is 3.36. The Hall–Kier alpha value is -0.850. The van der Waals surface area contributed by atoms with Gasteiger partial charge in [-0.3, -0.25) is 4.98 Å². The Morgan fingerprint density at radius 3 is 2.58 bits per heavy atom. The van der Waals surface area contributed by atoms with Crippen molar-refractivity contribution >= 4 is 0 Å². The summed E-state index contributed by atoms with van der Waals surface area (Å²) >= 11 is 0. The van der Waals surface area contributed by atoms with Crippen LogP contribution in [0.4, 0.5) is 0 Å². The van der Waals surface area contributed by atoms with E-state index in [1.807, 2.05) is 6.20 Å². The average Bonchev–Trinajstić information content (AvgIpc) is 2.07. The van der Waals surface area contributed by atoms with E-state index in [9.17, 15) is 0 Å². The molecule has 1 rings (SSSR count). The maximum Gasteiger partial charge on any atom is 0.0406 e. The van der Waals surface area contributed by atoms with Gasteiger partial charge in [0.05, 0.1) is 0 Å². The molecule has 0 amide bonds. The summed E-state index contributed by atoms with van der Waals surface area (Å²) in [6.07, 6.45) is 5.59. The molecule has 0 aromatic carbocycles. The van der Waals surface area contributed by atoms with Crippen molar-refractivity contribution in [1.29, 1.82) is 0 Å². The van der Waals surface area contributed by atoms with E-state index >= 15 is 0 Å². The number of unbranched alkanes of at least 4 members (excludes halogenated alkanes) is 1. The standard InChI is InChI=1S/C11H17N/c1-4-5-6-11-7-9(2)10(3)8-12-11/h7-8H,4-6H2,1-3H3. The SMILES string of the molecule is CCCCc1cc(C)c(C)cn1. The molecular weight excluding hydrogens is 146 g/mol. The van der Waals surface area contributed by atoms with Crippen LogP contribution >= 0.6 is 0 Å². The molecule has 0 unspecified atom stereocenters. The average molecular weight is 163 g/mol. The summed E-state index contributed by atoms with van der Waals surface area (Å²) in [5, 5.41) is 0. The van der Waals surface area contributed by atoms with Gasteiger partial charge in [0.25, 0.3) is 0 Å². The summed E-state index contributed by atoms with van der Waals surface area (Å²) in [6.45, 7) is 6.46. The van der Waals surface area contributed by atoms with Crippen molar-refractivity contribution in [2.24, 2.45) is 0 Å². The third-order valence-corrected chi connectivity index (χ3v) is 2.22. The predicted molar refractivity (Wildman–Crippen MR) is 52.3 cm³/mol. The third kappa shape index (κ3) is 2.33. The van der Waals surface area contributed by atoms with Crippen molar-refractivity contribution in [2.75, 3.05) is 0 Å². The lowest BCUT2D eigenvalue weighted by Gasteiger charge is -2.02. The van der Waals surface area contributed by atoms with Crippen molar-refractivity contribution in [3.63, 3.8) is 0 Å². The molecule has 1 heterocycles. The Bertz CT molecular complexity index is 253. The lowest BCUT2D eigenvalue weighted by Crippen LogP contribution is -1.92. The molecule has 0 N–H and O–H groups in total. The molecular formula is C11H17N. The van der Waals surface area contributed by atoms with Crippen LogP contribution in [0.15, 0.2) is 12.3 Å². The largest absolute Gasteiger partial charge is 0.261 e. The molecule has 0 saturated heterocycles. The molecule has 0 aliphatic heterocycles. The van der Waals surface area contributed by atoms with Crippen molar-refractivity contribution in [3.05, 3.63) is 29.1 Å². The van der Waals surface area contributed by atoms with Crippen molar-refractivity contribution in [3.8, 4) is 0 Å². The highest BCUT2D eigenvalue weighted by molar-refractivity contribution is 5.23. The Labute approximate surface area is 74.8 Å². The van der Waals surface area contributed by atoms with Gasteiger partial charge in [-0.05, 0) is 43.9 Å². The minimum atomic E-state index is 1.12. The highest BCUT2D eigenvalue weighted by Gasteiger charge is 1.96. The molecule has 66 valence electrons. The minimum Gasteiger partial charge on any atom is -0.261 e. The molecule has 12 heavy (non-hydrogen) atoms. The van der Waals surface area contributed by atoms with Crippen molar-refractivity contribution in [2.45, 2.75) is 40.0 Å².